The van der Waals surface area contributed by atoms with Crippen LogP contribution in [-0.4, -0.2) is 57.3 Å². The van der Waals surface area contributed by atoms with Gasteiger partial charge >= 0.3 is 0 Å². The maximum atomic E-state index is 5.77. The Hall–Kier alpha value is -1.89. The molecule has 1 unspecified atom stereocenters. The second kappa shape index (κ2) is 13.4. The quantitative estimate of drug-likeness (QED) is 0.304. The number of benzene rings is 1. The van der Waals surface area contributed by atoms with Gasteiger partial charge in [-0.2, -0.15) is 0 Å². The third-order valence-electron chi connectivity index (χ3n) is 5.53. The average Bonchev–Trinajstić information content (AvgIpc) is 3.50. The molecule has 5 nitrogen and oxygen atoms in total. The molecule has 0 spiro atoms. The average molecular weight is 429 g/mol. The molecule has 3 rings (SSSR count). The molecule has 1 saturated heterocycles. The Balaban J connectivity index is 1.28. The highest BCUT2D eigenvalue weighted by atomic mass is 32.1. The molecule has 0 saturated carbocycles. The van der Waals surface area contributed by atoms with Crippen molar-refractivity contribution in [3.63, 3.8) is 0 Å². The van der Waals surface area contributed by atoms with E-state index < -0.39 is 0 Å². The van der Waals surface area contributed by atoms with E-state index in [4.69, 9.17) is 4.74 Å². The number of hydrogen-bond acceptors (Lipinski definition) is 4. The molecule has 2 N–H and O–H groups in total. The molecule has 1 aliphatic heterocycles. The summed E-state index contributed by atoms with van der Waals surface area (Å²) in [5, 5.41) is 9.16. The smallest absolute Gasteiger partial charge is 0.191 e. The second-order valence-electron chi connectivity index (χ2n) is 7.71. The number of aliphatic imine (C=N–C) groups is 1. The maximum Gasteiger partial charge on any atom is 0.191 e. The molecular formula is C24H36N4OS. The second-order valence-corrected chi connectivity index (χ2v) is 8.69. The summed E-state index contributed by atoms with van der Waals surface area (Å²) in [5.74, 6) is 0.890. The summed E-state index contributed by atoms with van der Waals surface area (Å²) in [6.45, 7) is 5.80. The lowest BCUT2D eigenvalue weighted by molar-refractivity contribution is 0.133. The first kappa shape index (κ1) is 22.8. The van der Waals surface area contributed by atoms with Gasteiger partial charge in [0.25, 0.3) is 0 Å². The Morgan fingerprint density at radius 3 is 2.63 bits per heavy atom. The summed E-state index contributed by atoms with van der Waals surface area (Å²) in [6, 6.07) is 15.3. The van der Waals surface area contributed by atoms with Crippen LogP contribution in [0.3, 0.4) is 0 Å². The minimum Gasteiger partial charge on any atom is -0.381 e. The van der Waals surface area contributed by atoms with Gasteiger partial charge in [-0.25, -0.2) is 0 Å². The molecule has 1 fully saturated rings. The monoisotopic (exact) mass is 428 g/mol. The Morgan fingerprint density at radius 1 is 1.07 bits per heavy atom. The molecule has 1 aromatic carbocycles. The number of likely N-dealkylation sites (tertiary alicyclic amines) is 1. The number of guanidine groups is 1. The summed E-state index contributed by atoms with van der Waals surface area (Å²) in [7, 11) is 1.85. The van der Waals surface area contributed by atoms with E-state index in [0.29, 0.717) is 6.04 Å². The van der Waals surface area contributed by atoms with E-state index in [9.17, 15) is 0 Å². The van der Waals surface area contributed by atoms with Gasteiger partial charge in [0, 0.05) is 31.6 Å². The van der Waals surface area contributed by atoms with Crippen molar-refractivity contribution in [3.05, 3.63) is 58.3 Å². The van der Waals surface area contributed by atoms with Gasteiger partial charge in [0.1, 0.15) is 0 Å². The number of ether oxygens (including phenoxy) is 1. The lowest BCUT2D eigenvalue weighted by Crippen LogP contribution is -2.42. The molecule has 2 heterocycles. The van der Waals surface area contributed by atoms with Crippen LogP contribution in [0.2, 0.25) is 0 Å². The van der Waals surface area contributed by atoms with Gasteiger partial charge < -0.3 is 15.4 Å². The van der Waals surface area contributed by atoms with Gasteiger partial charge in [0.15, 0.2) is 5.96 Å². The normalized spacial score (nSPS) is 16.0. The maximum absolute atomic E-state index is 5.77. The van der Waals surface area contributed by atoms with Crippen LogP contribution in [0.4, 0.5) is 0 Å². The third-order valence-corrected chi connectivity index (χ3v) is 6.50. The highest BCUT2D eigenvalue weighted by Crippen LogP contribution is 2.27. The largest absolute Gasteiger partial charge is 0.381 e. The van der Waals surface area contributed by atoms with Crippen molar-refractivity contribution in [1.82, 2.24) is 15.5 Å². The minimum absolute atomic E-state index is 0.434. The summed E-state index contributed by atoms with van der Waals surface area (Å²) in [5.41, 5.74) is 1.34. The number of rotatable bonds is 12. The molecule has 30 heavy (non-hydrogen) atoms. The zero-order valence-electron chi connectivity index (χ0n) is 18.2. The zero-order chi connectivity index (χ0) is 20.9. The van der Waals surface area contributed by atoms with Crippen LogP contribution in [-0.2, 0) is 11.2 Å². The van der Waals surface area contributed by atoms with Crippen molar-refractivity contribution in [1.29, 1.82) is 0 Å². The van der Waals surface area contributed by atoms with Gasteiger partial charge in [-0.1, -0.05) is 36.4 Å². The number of nitrogens with zero attached hydrogens (tertiary/aromatic N) is 2. The fourth-order valence-electron chi connectivity index (χ4n) is 3.83. The summed E-state index contributed by atoms with van der Waals surface area (Å²) in [6.07, 6.45) is 5.74. The Bertz CT molecular complexity index is 714. The van der Waals surface area contributed by atoms with E-state index in [1.54, 1.807) is 0 Å². The topological polar surface area (TPSA) is 48.9 Å². The standard InChI is InChI=1S/C24H36N4OS/c1-25-24(26-14-5-8-17-29-18-13-21-10-3-2-4-11-21)27-20-22(23-12-9-19-30-23)28-15-6-7-16-28/h2-4,9-12,19,22H,5-8,13-18,20H2,1H3,(H2,25,26,27). The van der Waals surface area contributed by atoms with Crippen LogP contribution in [0.25, 0.3) is 0 Å². The summed E-state index contributed by atoms with van der Waals surface area (Å²) >= 11 is 1.85. The molecule has 0 aliphatic carbocycles. The lowest BCUT2D eigenvalue weighted by atomic mass is 10.2. The minimum atomic E-state index is 0.434. The van der Waals surface area contributed by atoms with Gasteiger partial charge in [0.2, 0.25) is 0 Å². The molecular weight excluding hydrogens is 392 g/mol. The van der Waals surface area contributed by atoms with Crippen molar-refractivity contribution in [2.45, 2.75) is 38.1 Å². The molecule has 0 radical (unpaired) electrons. The first-order valence-corrected chi connectivity index (χ1v) is 12.1. The molecule has 1 atom stereocenters. The first-order valence-electron chi connectivity index (χ1n) is 11.2. The van der Waals surface area contributed by atoms with Crippen molar-refractivity contribution < 1.29 is 4.74 Å². The Labute approximate surface area is 185 Å². The van der Waals surface area contributed by atoms with E-state index in [1.165, 1.54) is 36.4 Å². The highest BCUT2D eigenvalue weighted by Gasteiger charge is 2.24. The fraction of sp³-hybridized carbons (Fsp3) is 0.542. The molecule has 6 heteroatoms. The van der Waals surface area contributed by atoms with E-state index >= 15 is 0 Å². The lowest BCUT2D eigenvalue weighted by Gasteiger charge is -2.27. The van der Waals surface area contributed by atoms with Crippen molar-refractivity contribution >= 4 is 17.3 Å². The van der Waals surface area contributed by atoms with Crippen LogP contribution in [0, 0.1) is 0 Å². The number of nitrogens with one attached hydrogen (secondary N) is 2. The highest BCUT2D eigenvalue weighted by molar-refractivity contribution is 7.10. The van der Waals surface area contributed by atoms with Crippen molar-refractivity contribution in [2.24, 2.45) is 4.99 Å². The van der Waals surface area contributed by atoms with E-state index in [2.05, 4.69) is 68.4 Å². The first-order chi connectivity index (χ1) is 14.9. The van der Waals surface area contributed by atoms with Crippen LogP contribution >= 0.6 is 11.3 Å². The van der Waals surface area contributed by atoms with Crippen molar-refractivity contribution in [3.8, 4) is 0 Å². The van der Waals surface area contributed by atoms with E-state index in [-0.39, 0.29) is 0 Å². The SMILES string of the molecule is CN=C(NCCCCOCCc1ccccc1)NCC(c1cccs1)N1CCCC1. The third kappa shape index (κ3) is 7.74. The van der Waals surface area contributed by atoms with Gasteiger partial charge in [0.05, 0.1) is 12.6 Å². The van der Waals surface area contributed by atoms with Crippen LogP contribution in [0.1, 0.15) is 42.2 Å². The number of hydrogen-bond donors (Lipinski definition) is 2. The Morgan fingerprint density at radius 2 is 1.90 bits per heavy atom. The van der Waals surface area contributed by atoms with Crippen LogP contribution in [0.5, 0.6) is 0 Å². The van der Waals surface area contributed by atoms with Gasteiger partial charge in [-0.05, 0) is 62.2 Å². The van der Waals surface area contributed by atoms with E-state index in [0.717, 1.165) is 51.5 Å². The number of thiophene rings is 1. The predicted molar refractivity (Wildman–Crippen MR) is 127 cm³/mol. The summed E-state index contributed by atoms with van der Waals surface area (Å²) < 4.78 is 5.77. The molecule has 0 bridgehead atoms. The molecule has 164 valence electrons. The Kier molecular flexibility index (Phi) is 10.2. The van der Waals surface area contributed by atoms with Gasteiger partial charge in [-0.15, -0.1) is 11.3 Å². The molecule has 2 aromatic rings. The predicted octanol–water partition coefficient (Wildman–Crippen LogP) is 4.09. The molecule has 1 aromatic heterocycles. The van der Waals surface area contributed by atoms with Crippen LogP contribution < -0.4 is 10.6 Å². The fourth-order valence-corrected chi connectivity index (χ4v) is 4.69. The summed E-state index contributed by atoms with van der Waals surface area (Å²) in [4.78, 5) is 8.43. The van der Waals surface area contributed by atoms with Crippen molar-refractivity contribution in [2.75, 3.05) is 46.4 Å². The van der Waals surface area contributed by atoms with Crippen LogP contribution in [0.15, 0.2) is 52.8 Å². The number of unbranched alkanes of at least 4 members (excludes halogenated alkanes) is 1. The molecule has 0 amide bonds. The van der Waals surface area contributed by atoms with E-state index in [1.807, 2.05) is 18.4 Å². The van der Waals surface area contributed by atoms with Gasteiger partial charge in [-0.3, -0.25) is 9.89 Å². The zero-order valence-corrected chi connectivity index (χ0v) is 19.0. The molecule has 1 aliphatic rings.